The van der Waals surface area contributed by atoms with Crippen molar-refractivity contribution in [1.29, 1.82) is 0 Å². The number of hydrogen-bond donors (Lipinski definition) is 0. The second-order valence-electron chi connectivity index (χ2n) is 3.46. The second kappa shape index (κ2) is 3.00. The van der Waals surface area contributed by atoms with Crippen LogP contribution in [0, 0.1) is 0 Å². The summed E-state index contributed by atoms with van der Waals surface area (Å²) in [5.41, 5.74) is 0.874. The Hall–Kier alpha value is -1.49. The van der Waals surface area contributed by atoms with Gasteiger partial charge in [0.1, 0.15) is 11.8 Å². The first kappa shape index (κ1) is 8.79. The summed E-state index contributed by atoms with van der Waals surface area (Å²) >= 11 is 5.92. The number of likely N-dealkylation sites (N-methyl/N-ethyl adjacent to an activating group) is 1. The van der Waals surface area contributed by atoms with Crippen molar-refractivity contribution >= 4 is 22.9 Å². The molecule has 3 rings (SSSR count). The number of nitrogens with zero attached hydrogens (tertiary/aromatic N) is 4. The van der Waals surface area contributed by atoms with Crippen LogP contribution < -0.4 is 9.64 Å². The van der Waals surface area contributed by atoms with Gasteiger partial charge in [-0.1, -0.05) is 11.6 Å². The van der Waals surface area contributed by atoms with Gasteiger partial charge in [-0.25, -0.2) is 9.50 Å². The van der Waals surface area contributed by atoms with Crippen molar-refractivity contribution in [2.75, 3.05) is 25.1 Å². The maximum absolute atomic E-state index is 5.92. The average Bonchev–Trinajstić information content (AvgIpc) is 2.52. The fourth-order valence-corrected chi connectivity index (χ4v) is 1.88. The summed E-state index contributed by atoms with van der Waals surface area (Å²) in [6.07, 6.45) is 3.36. The van der Waals surface area contributed by atoms with E-state index in [1.54, 1.807) is 16.9 Å². The molecule has 1 aliphatic heterocycles. The number of ether oxygens (including phenoxy) is 1. The molecular formula is C9H9ClN4O. The van der Waals surface area contributed by atoms with Gasteiger partial charge in [-0.05, 0) is 0 Å². The Labute approximate surface area is 91.2 Å². The van der Waals surface area contributed by atoms with E-state index in [1.165, 1.54) is 0 Å². The molecule has 0 radical (unpaired) electrons. The zero-order valence-corrected chi connectivity index (χ0v) is 8.90. The van der Waals surface area contributed by atoms with Crippen LogP contribution in [-0.4, -0.2) is 34.8 Å². The highest BCUT2D eigenvalue weighted by atomic mass is 35.5. The zero-order valence-electron chi connectivity index (χ0n) is 8.14. The lowest BCUT2D eigenvalue weighted by Crippen LogP contribution is -2.23. The topological polar surface area (TPSA) is 42.7 Å². The standard InChI is InChI=1S/C9H9ClN4O/c1-13-2-3-15-6-4-11-14-5-7(10)12-9(13)8(6)14/h4-5H,2-3H2,1H3. The van der Waals surface area contributed by atoms with E-state index >= 15 is 0 Å². The van der Waals surface area contributed by atoms with E-state index in [2.05, 4.69) is 10.1 Å². The van der Waals surface area contributed by atoms with Gasteiger partial charge >= 0.3 is 0 Å². The monoisotopic (exact) mass is 224 g/mol. The lowest BCUT2D eigenvalue weighted by molar-refractivity contribution is 0.333. The van der Waals surface area contributed by atoms with Gasteiger partial charge in [-0.15, -0.1) is 0 Å². The highest BCUT2D eigenvalue weighted by Crippen LogP contribution is 2.30. The van der Waals surface area contributed by atoms with Crippen LogP contribution >= 0.6 is 11.6 Å². The molecule has 0 saturated carbocycles. The average molecular weight is 225 g/mol. The van der Waals surface area contributed by atoms with Crippen LogP contribution in [0.25, 0.3) is 5.52 Å². The summed E-state index contributed by atoms with van der Waals surface area (Å²) in [5, 5.41) is 4.60. The lowest BCUT2D eigenvalue weighted by atomic mass is 10.4. The molecule has 78 valence electrons. The van der Waals surface area contributed by atoms with E-state index in [0.717, 1.165) is 23.6 Å². The third-order valence-corrected chi connectivity index (χ3v) is 2.64. The van der Waals surface area contributed by atoms with Crippen LogP contribution in [0.1, 0.15) is 0 Å². The van der Waals surface area contributed by atoms with E-state index in [4.69, 9.17) is 16.3 Å². The third kappa shape index (κ3) is 1.23. The van der Waals surface area contributed by atoms with Gasteiger partial charge in [0.2, 0.25) is 0 Å². The van der Waals surface area contributed by atoms with E-state index in [9.17, 15) is 0 Å². The first-order chi connectivity index (χ1) is 7.25. The van der Waals surface area contributed by atoms with E-state index < -0.39 is 0 Å². The summed E-state index contributed by atoms with van der Waals surface area (Å²) in [6.45, 7) is 1.42. The minimum atomic E-state index is 0.431. The van der Waals surface area contributed by atoms with Crippen LogP contribution in [0.3, 0.4) is 0 Å². The molecule has 0 fully saturated rings. The maximum atomic E-state index is 5.92. The van der Waals surface area contributed by atoms with Gasteiger partial charge in [0.05, 0.1) is 18.9 Å². The van der Waals surface area contributed by atoms with Gasteiger partial charge in [-0.2, -0.15) is 5.10 Å². The Morgan fingerprint density at radius 2 is 2.40 bits per heavy atom. The highest BCUT2D eigenvalue weighted by Gasteiger charge is 2.19. The number of halogens is 1. The molecule has 0 aromatic carbocycles. The molecule has 15 heavy (non-hydrogen) atoms. The van der Waals surface area contributed by atoms with Crippen molar-refractivity contribution in [3.05, 3.63) is 17.5 Å². The quantitative estimate of drug-likeness (QED) is 0.675. The molecule has 0 unspecified atom stereocenters. The molecule has 0 N–H and O–H groups in total. The molecule has 0 atom stereocenters. The van der Waals surface area contributed by atoms with Gasteiger partial charge in [-0.3, -0.25) is 0 Å². The van der Waals surface area contributed by atoms with E-state index in [-0.39, 0.29) is 0 Å². The molecular weight excluding hydrogens is 216 g/mol. The molecule has 2 aromatic rings. The Kier molecular flexibility index (Phi) is 1.76. The normalized spacial score (nSPS) is 15.2. The molecule has 2 aromatic heterocycles. The van der Waals surface area contributed by atoms with E-state index in [0.29, 0.717) is 11.8 Å². The molecule has 0 bridgehead atoms. The van der Waals surface area contributed by atoms with Gasteiger partial charge in [0.25, 0.3) is 0 Å². The molecule has 6 heteroatoms. The van der Waals surface area contributed by atoms with Gasteiger partial charge in [0.15, 0.2) is 17.1 Å². The highest BCUT2D eigenvalue weighted by molar-refractivity contribution is 6.29. The van der Waals surface area contributed by atoms with Crippen molar-refractivity contribution in [3.8, 4) is 5.75 Å². The van der Waals surface area contributed by atoms with Crippen LogP contribution in [0.4, 0.5) is 5.82 Å². The Balaban J connectivity index is 2.39. The summed E-state index contributed by atoms with van der Waals surface area (Å²) in [4.78, 5) is 6.31. The predicted molar refractivity (Wildman–Crippen MR) is 56.8 cm³/mol. The summed E-state index contributed by atoms with van der Waals surface area (Å²) in [5.74, 6) is 1.58. The summed E-state index contributed by atoms with van der Waals surface area (Å²) < 4.78 is 7.26. The molecule has 0 spiro atoms. The first-order valence-corrected chi connectivity index (χ1v) is 5.01. The summed E-state index contributed by atoms with van der Waals surface area (Å²) in [7, 11) is 1.96. The Morgan fingerprint density at radius 3 is 3.27 bits per heavy atom. The van der Waals surface area contributed by atoms with Crippen LogP contribution in [0.2, 0.25) is 5.15 Å². The van der Waals surface area contributed by atoms with Gasteiger partial charge in [0, 0.05) is 7.05 Å². The van der Waals surface area contributed by atoms with Crippen LogP contribution in [0.15, 0.2) is 12.4 Å². The molecule has 0 amide bonds. The van der Waals surface area contributed by atoms with Crippen molar-refractivity contribution in [2.45, 2.75) is 0 Å². The second-order valence-corrected chi connectivity index (χ2v) is 3.85. The zero-order chi connectivity index (χ0) is 10.4. The van der Waals surface area contributed by atoms with Crippen LogP contribution in [0.5, 0.6) is 5.75 Å². The molecule has 3 heterocycles. The number of aromatic nitrogens is 3. The molecule has 1 aliphatic rings. The van der Waals surface area contributed by atoms with Crippen molar-refractivity contribution in [3.63, 3.8) is 0 Å². The SMILES string of the molecule is CN1CCOc2cnn3cc(Cl)nc1c23. The van der Waals surface area contributed by atoms with Gasteiger partial charge < -0.3 is 9.64 Å². The van der Waals surface area contributed by atoms with Crippen molar-refractivity contribution in [2.24, 2.45) is 0 Å². The maximum Gasteiger partial charge on any atom is 0.168 e. The largest absolute Gasteiger partial charge is 0.488 e. The fraction of sp³-hybridized carbons (Fsp3) is 0.333. The smallest absolute Gasteiger partial charge is 0.168 e. The lowest BCUT2D eigenvalue weighted by Gasteiger charge is -2.15. The molecule has 0 aliphatic carbocycles. The predicted octanol–water partition coefficient (Wildman–Crippen LogP) is 1.21. The van der Waals surface area contributed by atoms with Crippen LogP contribution in [-0.2, 0) is 0 Å². The van der Waals surface area contributed by atoms with Crippen molar-refractivity contribution in [1.82, 2.24) is 14.6 Å². The number of hydrogen-bond acceptors (Lipinski definition) is 4. The summed E-state index contributed by atoms with van der Waals surface area (Å²) in [6, 6.07) is 0. The third-order valence-electron chi connectivity index (χ3n) is 2.46. The van der Waals surface area contributed by atoms with Crippen molar-refractivity contribution < 1.29 is 4.74 Å². The molecule has 5 nitrogen and oxygen atoms in total. The minimum absolute atomic E-state index is 0.431. The Bertz CT molecular complexity index is 524. The minimum Gasteiger partial charge on any atom is -0.488 e. The van der Waals surface area contributed by atoms with E-state index in [1.807, 2.05) is 11.9 Å². The number of anilines is 1. The fourth-order valence-electron chi connectivity index (χ4n) is 1.71. The number of rotatable bonds is 0. The molecule has 0 saturated heterocycles. The Morgan fingerprint density at radius 1 is 1.53 bits per heavy atom. The first-order valence-electron chi connectivity index (χ1n) is 4.63.